The van der Waals surface area contributed by atoms with Crippen molar-refractivity contribution in [3.8, 4) is 0 Å². The molecule has 0 radical (unpaired) electrons. The minimum atomic E-state index is -0.399. The Labute approximate surface area is 126 Å². The van der Waals surface area contributed by atoms with Gasteiger partial charge in [0.15, 0.2) is 0 Å². The fraction of sp³-hybridized carbons (Fsp3) is 0.667. The Balaban J connectivity index is 2.79. The Hall–Kier alpha value is -1.69. The van der Waals surface area contributed by atoms with Crippen molar-refractivity contribution >= 4 is 11.5 Å². The van der Waals surface area contributed by atoms with E-state index >= 15 is 0 Å². The normalized spacial score (nSPS) is 12.7. The first kappa shape index (κ1) is 17.4. The van der Waals surface area contributed by atoms with Crippen LogP contribution in [0.1, 0.15) is 34.1 Å². The van der Waals surface area contributed by atoms with Crippen molar-refractivity contribution < 1.29 is 4.92 Å². The van der Waals surface area contributed by atoms with Crippen LogP contribution in [0.5, 0.6) is 0 Å². The molecule has 6 heteroatoms. The van der Waals surface area contributed by atoms with Gasteiger partial charge in [-0.1, -0.05) is 27.7 Å². The smallest absolute Gasteiger partial charge is 0.311 e. The molecule has 0 saturated carbocycles. The van der Waals surface area contributed by atoms with Crippen molar-refractivity contribution in [3.05, 3.63) is 28.4 Å². The highest BCUT2D eigenvalue weighted by Gasteiger charge is 2.20. The SMILES string of the molecule is CCN(CC)C(CNc1ncccc1[N+](=O)[O-])CC(C)C. The second-order valence-electron chi connectivity index (χ2n) is 5.51. The zero-order valence-electron chi connectivity index (χ0n) is 13.4. The zero-order valence-corrected chi connectivity index (χ0v) is 13.4. The average molecular weight is 294 g/mol. The molecule has 0 bridgehead atoms. The highest BCUT2D eigenvalue weighted by atomic mass is 16.6. The van der Waals surface area contributed by atoms with E-state index in [1.54, 1.807) is 12.3 Å². The molecular weight excluding hydrogens is 268 g/mol. The lowest BCUT2D eigenvalue weighted by Gasteiger charge is -2.31. The van der Waals surface area contributed by atoms with Crippen LogP contribution < -0.4 is 5.32 Å². The van der Waals surface area contributed by atoms with E-state index in [0.717, 1.165) is 19.5 Å². The number of rotatable bonds is 9. The molecule has 0 aliphatic rings. The molecule has 0 aliphatic carbocycles. The molecule has 1 heterocycles. The van der Waals surface area contributed by atoms with Crippen LogP contribution >= 0.6 is 0 Å². The summed E-state index contributed by atoms with van der Waals surface area (Å²) < 4.78 is 0. The van der Waals surface area contributed by atoms with Crippen LogP contribution in [0.2, 0.25) is 0 Å². The van der Waals surface area contributed by atoms with E-state index < -0.39 is 4.92 Å². The van der Waals surface area contributed by atoms with Gasteiger partial charge in [0.2, 0.25) is 5.82 Å². The number of aromatic nitrogens is 1. The summed E-state index contributed by atoms with van der Waals surface area (Å²) in [5.41, 5.74) is 0.0281. The van der Waals surface area contributed by atoms with Crippen LogP contribution in [0.25, 0.3) is 0 Å². The molecule has 1 N–H and O–H groups in total. The van der Waals surface area contributed by atoms with Gasteiger partial charge in [0.05, 0.1) is 4.92 Å². The van der Waals surface area contributed by atoms with Crippen LogP contribution in [0.3, 0.4) is 0 Å². The van der Waals surface area contributed by atoms with Gasteiger partial charge in [0, 0.05) is 24.8 Å². The molecule has 1 aromatic heterocycles. The Morgan fingerprint density at radius 3 is 2.57 bits per heavy atom. The van der Waals surface area contributed by atoms with Crippen LogP contribution in [-0.2, 0) is 0 Å². The lowest BCUT2D eigenvalue weighted by molar-refractivity contribution is -0.384. The van der Waals surface area contributed by atoms with E-state index in [1.165, 1.54) is 6.07 Å². The first-order valence-electron chi connectivity index (χ1n) is 7.56. The third kappa shape index (κ3) is 5.30. The first-order chi connectivity index (χ1) is 9.99. The molecule has 0 aromatic carbocycles. The lowest BCUT2D eigenvalue weighted by atomic mass is 10.0. The fourth-order valence-corrected chi connectivity index (χ4v) is 2.54. The monoisotopic (exact) mass is 294 g/mol. The van der Waals surface area contributed by atoms with Gasteiger partial charge in [0.1, 0.15) is 0 Å². The number of nitro groups is 1. The number of nitrogens with one attached hydrogen (secondary N) is 1. The second-order valence-corrected chi connectivity index (χ2v) is 5.51. The lowest BCUT2D eigenvalue weighted by Crippen LogP contribution is -2.41. The van der Waals surface area contributed by atoms with Gasteiger partial charge < -0.3 is 5.32 Å². The molecule has 0 fully saturated rings. The van der Waals surface area contributed by atoms with E-state index in [0.29, 0.717) is 24.3 Å². The van der Waals surface area contributed by atoms with Crippen molar-refractivity contribution in [2.45, 2.75) is 40.2 Å². The second kappa shape index (κ2) is 8.56. The molecule has 1 atom stereocenters. The Morgan fingerprint density at radius 2 is 2.05 bits per heavy atom. The molecule has 6 nitrogen and oxygen atoms in total. The van der Waals surface area contributed by atoms with Gasteiger partial charge in [-0.15, -0.1) is 0 Å². The predicted octanol–water partition coefficient (Wildman–Crippen LogP) is 3.16. The fourth-order valence-electron chi connectivity index (χ4n) is 2.54. The summed E-state index contributed by atoms with van der Waals surface area (Å²) >= 11 is 0. The van der Waals surface area contributed by atoms with E-state index in [4.69, 9.17) is 0 Å². The summed E-state index contributed by atoms with van der Waals surface area (Å²) in [7, 11) is 0. The van der Waals surface area contributed by atoms with Crippen molar-refractivity contribution in [1.82, 2.24) is 9.88 Å². The molecule has 118 valence electrons. The summed E-state index contributed by atoms with van der Waals surface area (Å²) in [5.74, 6) is 0.930. The topological polar surface area (TPSA) is 71.3 Å². The summed E-state index contributed by atoms with van der Waals surface area (Å²) in [6, 6.07) is 3.41. The van der Waals surface area contributed by atoms with Crippen LogP contribution in [0.15, 0.2) is 18.3 Å². The molecule has 0 saturated heterocycles. The summed E-state index contributed by atoms with van der Waals surface area (Å²) in [4.78, 5) is 17.1. The third-order valence-electron chi connectivity index (χ3n) is 3.56. The standard InChI is InChI=1S/C15H26N4O2/c1-5-18(6-2)13(10-12(3)4)11-17-15-14(19(20)21)8-7-9-16-15/h7-9,12-13H,5-6,10-11H2,1-4H3,(H,16,17). The maximum absolute atomic E-state index is 11.0. The Bertz CT molecular complexity index is 447. The van der Waals surface area contributed by atoms with E-state index in [9.17, 15) is 10.1 Å². The van der Waals surface area contributed by atoms with Gasteiger partial charge in [-0.25, -0.2) is 4.98 Å². The number of likely N-dealkylation sites (N-methyl/N-ethyl adjacent to an activating group) is 1. The molecule has 1 unspecified atom stereocenters. The molecule has 0 spiro atoms. The number of pyridine rings is 1. The largest absolute Gasteiger partial charge is 0.363 e. The van der Waals surface area contributed by atoms with E-state index in [1.807, 2.05) is 0 Å². The van der Waals surface area contributed by atoms with Gasteiger partial charge in [0.25, 0.3) is 0 Å². The van der Waals surface area contributed by atoms with Gasteiger partial charge >= 0.3 is 5.69 Å². The molecule has 0 aliphatic heterocycles. The Morgan fingerprint density at radius 1 is 1.38 bits per heavy atom. The maximum Gasteiger partial charge on any atom is 0.311 e. The molecule has 0 amide bonds. The summed E-state index contributed by atoms with van der Waals surface area (Å²) in [6.45, 7) is 11.3. The number of hydrogen-bond donors (Lipinski definition) is 1. The highest BCUT2D eigenvalue weighted by Crippen LogP contribution is 2.21. The van der Waals surface area contributed by atoms with Crippen molar-refractivity contribution in [3.63, 3.8) is 0 Å². The van der Waals surface area contributed by atoms with E-state index in [2.05, 4.69) is 42.9 Å². The van der Waals surface area contributed by atoms with Crippen molar-refractivity contribution in [1.29, 1.82) is 0 Å². The molecule has 21 heavy (non-hydrogen) atoms. The number of anilines is 1. The summed E-state index contributed by atoms with van der Waals surface area (Å²) in [6.07, 6.45) is 2.62. The molecule has 1 rings (SSSR count). The molecule has 1 aromatic rings. The van der Waals surface area contributed by atoms with Gasteiger partial charge in [-0.05, 0) is 31.5 Å². The summed E-state index contributed by atoms with van der Waals surface area (Å²) in [5, 5.41) is 14.2. The highest BCUT2D eigenvalue weighted by molar-refractivity contribution is 5.55. The Kier molecular flexibility index (Phi) is 7.08. The van der Waals surface area contributed by atoms with Crippen LogP contribution in [0.4, 0.5) is 11.5 Å². The quantitative estimate of drug-likeness (QED) is 0.559. The number of nitrogens with zero attached hydrogens (tertiary/aromatic N) is 3. The van der Waals surface area contributed by atoms with Crippen LogP contribution in [0, 0.1) is 16.0 Å². The predicted molar refractivity (Wildman–Crippen MR) is 85.5 cm³/mol. The maximum atomic E-state index is 11.0. The number of hydrogen-bond acceptors (Lipinski definition) is 5. The van der Waals surface area contributed by atoms with Crippen molar-refractivity contribution in [2.75, 3.05) is 25.0 Å². The third-order valence-corrected chi connectivity index (χ3v) is 3.56. The van der Waals surface area contributed by atoms with Gasteiger partial charge in [-0.3, -0.25) is 15.0 Å². The zero-order chi connectivity index (χ0) is 15.8. The molecular formula is C15H26N4O2. The van der Waals surface area contributed by atoms with Crippen LogP contribution in [-0.4, -0.2) is 40.5 Å². The van der Waals surface area contributed by atoms with E-state index in [-0.39, 0.29) is 5.69 Å². The minimum absolute atomic E-state index is 0.0281. The minimum Gasteiger partial charge on any atom is -0.363 e. The van der Waals surface area contributed by atoms with Gasteiger partial charge in [-0.2, -0.15) is 0 Å². The average Bonchev–Trinajstić information content (AvgIpc) is 2.45. The first-order valence-corrected chi connectivity index (χ1v) is 7.56. The van der Waals surface area contributed by atoms with Crippen molar-refractivity contribution in [2.24, 2.45) is 5.92 Å².